The number of carbonyl (C=O) groups excluding carboxylic acids is 2. The highest BCUT2D eigenvalue weighted by Crippen LogP contribution is 2.46. The number of fused-ring (bicyclic) bond motifs is 3. The number of esters is 1. The minimum absolute atomic E-state index is 0.0692. The van der Waals surface area contributed by atoms with Gasteiger partial charge in [-0.2, -0.15) is 0 Å². The van der Waals surface area contributed by atoms with Gasteiger partial charge in [0.2, 0.25) is 5.75 Å². The maximum atomic E-state index is 13.2. The number of amides is 1. The Kier molecular flexibility index (Phi) is 7.20. The van der Waals surface area contributed by atoms with E-state index in [-0.39, 0.29) is 16.9 Å². The number of benzene rings is 2. The Morgan fingerprint density at radius 3 is 2.36 bits per heavy atom. The van der Waals surface area contributed by atoms with Crippen LogP contribution >= 0.6 is 11.3 Å². The van der Waals surface area contributed by atoms with Crippen LogP contribution in [-0.2, 0) is 12.8 Å². The molecule has 1 aliphatic carbocycles. The Morgan fingerprint density at radius 2 is 1.72 bits per heavy atom. The average molecular weight is 551 g/mol. The fourth-order valence-electron chi connectivity index (χ4n) is 5.33. The van der Waals surface area contributed by atoms with Gasteiger partial charge in [0.25, 0.3) is 5.91 Å². The summed E-state index contributed by atoms with van der Waals surface area (Å²) in [4.78, 5) is 27.6. The summed E-state index contributed by atoms with van der Waals surface area (Å²) in [7, 11) is 4.47. The number of anilines is 1. The van der Waals surface area contributed by atoms with Crippen LogP contribution in [0.5, 0.6) is 23.0 Å². The van der Waals surface area contributed by atoms with Crippen LogP contribution in [0.15, 0.2) is 36.4 Å². The molecule has 0 spiro atoms. The normalized spacial score (nSPS) is 18.3. The molecule has 0 bridgehead atoms. The van der Waals surface area contributed by atoms with Crippen LogP contribution in [0.4, 0.5) is 5.00 Å². The molecule has 1 aliphatic heterocycles. The highest BCUT2D eigenvalue weighted by molar-refractivity contribution is 7.16. The second-order valence-corrected chi connectivity index (χ2v) is 12.0. The lowest BCUT2D eigenvalue weighted by atomic mass is 9.72. The molecular formula is C30H34N2O6S. The van der Waals surface area contributed by atoms with Gasteiger partial charge in [0, 0.05) is 4.88 Å². The molecule has 5 rings (SSSR count). The highest BCUT2D eigenvalue weighted by Gasteiger charge is 2.36. The quantitative estimate of drug-likeness (QED) is 0.287. The molecule has 0 radical (unpaired) electrons. The number of nitrogens with one attached hydrogen (secondary N) is 2. The molecule has 9 heteroatoms. The maximum Gasteiger partial charge on any atom is 0.343 e. The predicted octanol–water partition coefficient (Wildman–Crippen LogP) is 6.00. The Labute approximate surface area is 232 Å². The zero-order chi connectivity index (χ0) is 27.9. The van der Waals surface area contributed by atoms with Crippen molar-refractivity contribution in [3.63, 3.8) is 0 Å². The van der Waals surface area contributed by atoms with E-state index in [9.17, 15) is 9.59 Å². The van der Waals surface area contributed by atoms with Crippen molar-refractivity contribution < 1.29 is 28.5 Å². The van der Waals surface area contributed by atoms with Crippen LogP contribution in [-0.4, -0.2) is 33.2 Å². The van der Waals surface area contributed by atoms with Crippen molar-refractivity contribution in [2.75, 3.05) is 26.6 Å². The third-order valence-corrected chi connectivity index (χ3v) is 8.76. The summed E-state index contributed by atoms with van der Waals surface area (Å²) in [5.41, 5.74) is 3.24. The van der Waals surface area contributed by atoms with Gasteiger partial charge in [-0.05, 0) is 66.0 Å². The van der Waals surface area contributed by atoms with Gasteiger partial charge in [0.15, 0.2) is 11.5 Å². The topological polar surface area (TPSA) is 95.1 Å². The lowest BCUT2D eigenvalue weighted by Gasteiger charge is -2.34. The Bertz CT molecular complexity index is 1400. The predicted molar refractivity (Wildman–Crippen MR) is 151 cm³/mol. The number of hydrogen-bond acceptors (Lipinski definition) is 8. The minimum Gasteiger partial charge on any atom is -0.493 e. The molecule has 0 unspecified atom stereocenters. The highest BCUT2D eigenvalue weighted by atomic mass is 32.1. The van der Waals surface area contributed by atoms with Crippen LogP contribution in [0.1, 0.15) is 70.1 Å². The third-order valence-electron chi connectivity index (χ3n) is 7.57. The molecule has 3 aromatic rings. The first kappa shape index (κ1) is 26.9. The Morgan fingerprint density at radius 1 is 1.00 bits per heavy atom. The van der Waals surface area contributed by atoms with Gasteiger partial charge in [0.05, 0.1) is 32.5 Å². The van der Waals surface area contributed by atoms with Crippen molar-refractivity contribution in [2.45, 2.75) is 46.2 Å². The summed E-state index contributed by atoms with van der Waals surface area (Å²) in [5.74, 6) is 1.41. The zero-order valence-corrected chi connectivity index (χ0v) is 23.9. The number of carbonyl (C=O) groups is 2. The smallest absolute Gasteiger partial charge is 0.343 e. The molecule has 0 fully saturated rings. The van der Waals surface area contributed by atoms with E-state index >= 15 is 0 Å². The van der Waals surface area contributed by atoms with Crippen LogP contribution < -0.4 is 29.6 Å². The molecule has 0 saturated carbocycles. The zero-order valence-electron chi connectivity index (χ0n) is 23.1. The van der Waals surface area contributed by atoms with Gasteiger partial charge in [-0.25, -0.2) is 4.79 Å². The van der Waals surface area contributed by atoms with E-state index in [0.717, 1.165) is 35.4 Å². The van der Waals surface area contributed by atoms with Crippen LogP contribution in [0.25, 0.3) is 0 Å². The van der Waals surface area contributed by atoms with Crippen LogP contribution in [0.2, 0.25) is 0 Å². The number of ether oxygens (including phenoxy) is 4. The summed E-state index contributed by atoms with van der Waals surface area (Å²) in [5, 5.41) is 7.51. The first-order valence-corrected chi connectivity index (χ1v) is 13.8. The van der Waals surface area contributed by atoms with Crippen molar-refractivity contribution >= 4 is 28.2 Å². The summed E-state index contributed by atoms with van der Waals surface area (Å²) < 4.78 is 21.7. The maximum absolute atomic E-state index is 13.2. The van der Waals surface area contributed by atoms with Crippen molar-refractivity contribution in [2.24, 2.45) is 11.3 Å². The van der Waals surface area contributed by atoms with Gasteiger partial charge >= 0.3 is 5.97 Å². The molecule has 2 aromatic carbocycles. The van der Waals surface area contributed by atoms with Gasteiger partial charge < -0.3 is 29.6 Å². The number of methoxy groups -OCH3 is 3. The van der Waals surface area contributed by atoms with Crippen LogP contribution in [0.3, 0.4) is 0 Å². The van der Waals surface area contributed by atoms with Gasteiger partial charge in [-0.1, -0.05) is 32.9 Å². The van der Waals surface area contributed by atoms with E-state index < -0.39 is 12.1 Å². The van der Waals surface area contributed by atoms with Crippen molar-refractivity contribution in [1.82, 2.24) is 5.32 Å². The molecule has 2 atom stereocenters. The second-order valence-electron chi connectivity index (χ2n) is 10.9. The SMILES string of the molecule is COc1cc(C(=O)Oc2cccc([C@@H]3NC(=O)c4c(sc5c4CC[C@@H](C(C)(C)C)C5)N3)c2)cc(OC)c1OC. The van der Waals surface area contributed by atoms with E-state index in [4.69, 9.17) is 18.9 Å². The van der Waals surface area contributed by atoms with Crippen molar-refractivity contribution in [3.05, 3.63) is 63.5 Å². The average Bonchev–Trinajstić information content (AvgIpc) is 3.30. The lowest BCUT2D eigenvalue weighted by molar-refractivity contribution is 0.0733. The monoisotopic (exact) mass is 550 g/mol. The molecule has 1 aromatic heterocycles. The van der Waals surface area contributed by atoms with E-state index in [2.05, 4.69) is 31.4 Å². The molecule has 0 saturated heterocycles. The summed E-state index contributed by atoms with van der Waals surface area (Å²) in [6, 6.07) is 10.2. The van der Waals surface area contributed by atoms with Crippen molar-refractivity contribution in [3.8, 4) is 23.0 Å². The van der Waals surface area contributed by atoms with Crippen LogP contribution in [0, 0.1) is 11.3 Å². The van der Waals surface area contributed by atoms with E-state index in [0.29, 0.717) is 28.9 Å². The first-order chi connectivity index (χ1) is 18.6. The van der Waals surface area contributed by atoms with E-state index in [1.54, 1.807) is 41.7 Å². The first-order valence-electron chi connectivity index (χ1n) is 13.0. The minimum atomic E-state index is -0.575. The van der Waals surface area contributed by atoms with E-state index in [1.807, 2.05) is 6.07 Å². The molecule has 2 N–H and O–H groups in total. The lowest BCUT2D eigenvalue weighted by Crippen LogP contribution is -2.38. The largest absolute Gasteiger partial charge is 0.493 e. The number of thiophene rings is 1. The molecule has 2 heterocycles. The van der Waals surface area contributed by atoms with Crippen molar-refractivity contribution in [1.29, 1.82) is 0 Å². The summed E-state index contributed by atoms with van der Waals surface area (Å²) in [6.07, 6.45) is 2.58. The molecule has 8 nitrogen and oxygen atoms in total. The third kappa shape index (κ3) is 5.15. The van der Waals surface area contributed by atoms with Gasteiger partial charge in [-0.3, -0.25) is 4.79 Å². The molecule has 39 heavy (non-hydrogen) atoms. The number of rotatable bonds is 6. The van der Waals surface area contributed by atoms with E-state index in [1.165, 1.54) is 31.8 Å². The fourth-order valence-corrected chi connectivity index (χ4v) is 6.68. The summed E-state index contributed by atoms with van der Waals surface area (Å²) >= 11 is 1.69. The Hall–Kier alpha value is -3.72. The second kappa shape index (κ2) is 10.4. The number of hydrogen-bond donors (Lipinski definition) is 2. The molecule has 206 valence electrons. The standard InChI is InChI=1S/C30H34N2O6S/c1-30(2,3)18-10-11-20-23(15-18)39-28-24(20)27(33)31-26(32-28)16-8-7-9-19(12-16)38-29(34)17-13-21(35-4)25(37-6)22(14-17)36-5/h7-9,12-14,18,26,32H,10-11,15H2,1-6H3,(H,31,33)/t18-,26-/m1/s1. The molecule has 1 amide bonds. The molecule has 2 aliphatic rings. The molecular weight excluding hydrogens is 516 g/mol. The summed E-state index contributed by atoms with van der Waals surface area (Å²) in [6.45, 7) is 6.87. The van der Waals surface area contributed by atoms with Gasteiger partial charge in [0.1, 0.15) is 16.9 Å². The van der Waals surface area contributed by atoms with Gasteiger partial charge in [-0.15, -0.1) is 11.3 Å². The Balaban J connectivity index is 1.35. The fraction of sp³-hybridized carbons (Fsp3) is 0.400.